The highest BCUT2D eigenvalue weighted by Gasteiger charge is 2.10. The Kier molecular flexibility index (Phi) is 6.92. The molecule has 8 nitrogen and oxygen atoms in total. The van der Waals surface area contributed by atoms with Crippen LogP contribution in [0.2, 0.25) is 5.02 Å². The van der Waals surface area contributed by atoms with Gasteiger partial charge in [-0.15, -0.1) is 0 Å². The number of aromatic nitrogens is 1. The summed E-state index contributed by atoms with van der Waals surface area (Å²) in [5.74, 6) is 6.00. The monoisotopic (exact) mass is 437 g/mol. The molecule has 3 aromatic rings. The van der Waals surface area contributed by atoms with E-state index in [4.69, 9.17) is 23.1 Å². The minimum Gasteiger partial charge on any atom is -0.389 e. The summed E-state index contributed by atoms with van der Waals surface area (Å²) in [6.07, 6.45) is 0.718. The SMILES string of the molecule is NC(=O)NCC(O)CNC(=O)c1ccc(C#Cc2c(N)ncc3ccc(Cl)cc23)cc1. The number of carbonyl (C=O) groups excluding carboxylic acids is 2. The standard InChI is InChI=1S/C22H20ClN5O3/c23-16-7-6-15-10-26-20(24)18(19(15)9-16)8-3-13-1-4-14(5-2-13)21(30)27-11-17(29)12-28-22(25)31/h1-2,4-7,9-10,17,29H,11-12H2,(H2,24,26)(H,27,30)(H3,25,28,31). The zero-order chi connectivity index (χ0) is 22.4. The van der Waals surface area contributed by atoms with Crippen molar-refractivity contribution >= 4 is 40.1 Å². The van der Waals surface area contributed by atoms with Crippen LogP contribution in [0.4, 0.5) is 10.6 Å². The van der Waals surface area contributed by atoms with Gasteiger partial charge >= 0.3 is 6.03 Å². The highest BCUT2D eigenvalue weighted by molar-refractivity contribution is 6.31. The molecule has 1 aromatic heterocycles. The van der Waals surface area contributed by atoms with Gasteiger partial charge in [-0.25, -0.2) is 9.78 Å². The lowest BCUT2D eigenvalue weighted by Crippen LogP contribution is -2.41. The molecule has 0 aliphatic heterocycles. The summed E-state index contributed by atoms with van der Waals surface area (Å²) in [4.78, 5) is 27.0. The molecule has 0 spiro atoms. The van der Waals surface area contributed by atoms with E-state index in [2.05, 4.69) is 27.5 Å². The Bertz CT molecular complexity index is 1180. The first-order valence-corrected chi connectivity index (χ1v) is 9.66. The number of aliphatic hydroxyl groups excluding tert-OH is 1. The van der Waals surface area contributed by atoms with E-state index in [1.165, 1.54) is 0 Å². The summed E-state index contributed by atoms with van der Waals surface area (Å²) in [5, 5.41) is 16.8. The molecule has 0 saturated heterocycles. The van der Waals surface area contributed by atoms with E-state index in [0.717, 1.165) is 10.8 Å². The van der Waals surface area contributed by atoms with Gasteiger partial charge in [0, 0.05) is 46.2 Å². The van der Waals surface area contributed by atoms with E-state index in [1.807, 2.05) is 6.07 Å². The van der Waals surface area contributed by atoms with Crippen LogP contribution in [0.3, 0.4) is 0 Å². The number of hydrogen-bond donors (Lipinski definition) is 5. The van der Waals surface area contributed by atoms with Crippen LogP contribution in [-0.2, 0) is 0 Å². The lowest BCUT2D eigenvalue weighted by molar-refractivity contribution is 0.0917. The number of amides is 3. The van der Waals surface area contributed by atoms with Gasteiger partial charge in [-0.2, -0.15) is 0 Å². The van der Waals surface area contributed by atoms with Crippen LogP contribution in [0.5, 0.6) is 0 Å². The van der Waals surface area contributed by atoms with Gasteiger partial charge in [-0.3, -0.25) is 4.79 Å². The molecule has 0 aliphatic rings. The van der Waals surface area contributed by atoms with E-state index in [9.17, 15) is 14.7 Å². The van der Waals surface area contributed by atoms with Gasteiger partial charge in [-0.1, -0.05) is 29.5 Å². The Morgan fingerprint density at radius 2 is 1.81 bits per heavy atom. The van der Waals surface area contributed by atoms with Crippen molar-refractivity contribution in [3.05, 3.63) is 70.4 Å². The molecule has 1 heterocycles. The van der Waals surface area contributed by atoms with Gasteiger partial charge in [0.25, 0.3) is 5.91 Å². The smallest absolute Gasteiger partial charge is 0.312 e. The molecule has 1 unspecified atom stereocenters. The number of benzene rings is 2. The van der Waals surface area contributed by atoms with Crippen molar-refractivity contribution in [2.24, 2.45) is 5.73 Å². The number of pyridine rings is 1. The van der Waals surface area contributed by atoms with E-state index < -0.39 is 12.1 Å². The van der Waals surface area contributed by atoms with Gasteiger partial charge in [0.05, 0.1) is 11.7 Å². The molecule has 2 aromatic carbocycles. The maximum Gasteiger partial charge on any atom is 0.312 e. The van der Waals surface area contributed by atoms with Gasteiger partial charge in [-0.05, 0) is 36.4 Å². The predicted octanol–water partition coefficient (Wildman–Crippen LogP) is 1.63. The number of anilines is 1. The minimum absolute atomic E-state index is 0.0312. The Balaban J connectivity index is 1.70. The van der Waals surface area contributed by atoms with E-state index in [-0.39, 0.29) is 19.0 Å². The van der Waals surface area contributed by atoms with Gasteiger partial charge in [0.1, 0.15) is 5.82 Å². The number of rotatable bonds is 5. The maximum absolute atomic E-state index is 12.2. The Morgan fingerprint density at radius 3 is 2.52 bits per heavy atom. The Morgan fingerprint density at radius 1 is 1.10 bits per heavy atom. The number of nitrogens with zero attached hydrogens (tertiary/aromatic N) is 1. The van der Waals surface area contributed by atoms with Crippen LogP contribution in [0.15, 0.2) is 48.7 Å². The number of carbonyl (C=O) groups is 2. The Labute approximate surface area is 183 Å². The first-order chi connectivity index (χ1) is 14.8. The number of hydrogen-bond acceptors (Lipinski definition) is 5. The number of nitrogens with one attached hydrogen (secondary N) is 2. The number of urea groups is 1. The largest absolute Gasteiger partial charge is 0.389 e. The lowest BCUT2D eigenvalue weighted by atomic mass is 10.1. The van der Waals surface area contributed by atoms with E-state index >= 15 is 0 Å². The fourth-order valence-electron chi connectivity index (χ4n) is 2.77. The van der Waals surface area contributed by atoms with Crippen molar-refractivity contribution in [3.8, 4) is 11.8 Å². The van der Waals surface area contributed by atoms with Crippen LogP contribution in [0.25, 0.3) is 10.8 Å². The second kappa shape index (κ2) is 9.80. The van der Waals surface area contributed by atoms with Gasteiger partial charge in [0.15, 0.2) is 0 Å². The van der Waals surface area contributed by atoms with Crippen molar-refractivity contribution < 1.29 is 14.7 Å². The molecule has 0 aliphatic carbocycles. The number of nitrogen functional groups attached to an aromatic ring is 1. The lowest BCUT2D eigenvalue weighted by Gasteiger charge is -2.12. The maximum atomic E-state index is 12.2. The average Bonchev–Trinajstić information content (AvgIpc) is 2.75. The fourth-order valence-corrected chi connectivity index (χ4v) is 2.95. The number of nitrogens with two attached hydrogens (primary N) is 2. The topological polar surface area (TPSA) is 143 Å². The van der Waals surface area contributed by atoms with Crippen molar-refractivity contribution in [1.82, 2.24) is 15.6 Å². The predicted molar refractivity (Wildman–Crippen MR) is 120 cm³/mol. The first kappa shape index (κ1) is 21.9. The summed E-state index contributed by atoms with van der Waals surface area (Å²) in [7, 11) is 0. The van der Waals surface area contributed by atoms with E-state index in [0.29, 0.717) is 27.5 Å². The summed E-state index contributed by atoms with van der Waals surface area (Å²) in [6.45, 7) is -0.0852. The van der Waals surface area contributed by atoms with Crippen LogP contribution in [0.1, 0.15) is 21.5 Å². The second-order valence-electron chi connectivity index (χ2n) is 6.69. The molecule has 0 saturated carbocycles. The molecule has 31 heavy (non-hydrogen) atoms. The second-order valence-corrected chi connectivity index (χ2v) is 7.12. The van der Waals surface area contributed by atoms with Crippen LogP contribution < -0.4 is 22.1 Å². The first-order valence-electron chi connectivity index (χ1n) is 9.29. The molecular weight excluding hydrogens is 418 g/mol. The van der Waals surface area contributed by atoms with Crippen molar-refractivity contribution in [2.45, 2.75) is 6.10 Å². The molecule has 9 heteroatoms. The number of aliphatic hydroxyl groups is 1. The highest BCUT2D eigenvalue weighted by Crippen LogP contribution is 2.24. The third-order valence-electron chi connectivity index (χ3n) is 4.37. The molecule has 0 fully saturated rings. The van der Waals surface area contributed by atoms with Gasteiger partial charge < -0.3 is 27.2 Å². The van der Waals surface area contributed by atoms with Crippen LogP contribution >= 0.6 is 11.6 Å². The van der Waals surface area contributed by atoms with Gasteiger partial charge in [0.2, 0.25) is 0 Å². The summed E-state index contributed by atoms with van der Waals surface area (Å²) >= 11 is 6.10. The molecule has 0 bridgehead atoms. The highest BCUT2D eigenvalue weighted by atomic mass is 35.5. The third-order valence-corrected chi connectivity index (χ3v) is 4.61. The number of halogens is 1. The van der Waals surface area contributed by atoms with Crippen molar-refractivity contribution in [1.29, 1.82) is 0 Å². The zero-order valence-corrected chi connectivity index (χ0v) is 17.1. The molecule has 158 valence electrons. The fraction of sp³-hybridized carbons (Fsp3) is 0.136. The molecule has 3 amide bonds. The van der Waals surface area contributed by atoms with Crippen molar-refractivity contribution in [3.63, 3.8) is 0 Å². The number of fused-ring (bicyclic) bond motifs is 1. The quantitative estimate of drug-likeness (QED) is 0.385. The normalized spacial score (nSPS) is 11.3. The van der Waals surface area contributed by atoms with Crippen molar-refractivity contribution in [2.75, 3.05) is 18.8 Å². The average molecular weight is 438 g/mol. The molecule has 0 radical (unpaired) electrons. The summed E-state index contributed by atoms with van der Waals surface area (Å²) in [6, 6.07) is 11.3. The third kappa shape index (κ3) is 5.85. The number of primary amides is 1. The summed E-state index contributed by atoms with van der Waals surface area (Å²) in [5.41, 5.74) is 12.6. The Hall–Kier alpha value is -3.80. The minimum atomic E-state index is -0.949. The molecule has 7 N–H and O–H groups in total. The summed E-state index contributed by atoms with van der Waals surface area (Å²) < 4.78 is 0. The van der Waals surface area contributed by atoms with E-state index in [1.54, 1.807) is 42.6 Å². The molecule has 3 rings (SSSR count). The zero-order valence-electron chi connectivity index (χ0n) is 16.4. The molecular formula is C22H20ClN5O3. The van der Waals surface area contributed by atoms with Crippen LogP contribution in [-0.4, -0.2) is 41.2 Å². The molecule has 1 atom stereocenters. The van der Waals surface area contributed by atoms with Crippen LogP contribution in [0, 0.1) is 11.8 Å².